The van der Waals surface area contributed by atoms with E-state index in [0.717, 1.165) is 51.4 Å². The first kappa shape index (κ1) is 56.1. The lowest BCUT2D eigenvalue weighted by molar-refractivity contribution is -0.302. The van der Waals surface area contributed by atoms with E-state index in [2.05, 4.69) is 55.6 Å². The van der Waals surface area contributed by atoms with E-state index in [-0.39, 0.29) is 6.61 Å². The van der Waals surface area contributed by atoms with Crippen molar-refractivity contribution in [1.82, 2.24) is 5.32 Å². The summed E-state index contributed by atoms with van der Waals surface area (Å²) in [6, 6.07) is -1.01. The second-order valence-electron chi connectivity index (χ2n) is 17.0. The lowest BCUT2D eigenvalue weighted by Crippen LogP contribution is -2.60. The third kappa shape index (κ3) is 29.4. The van der Waals surface area contributed by atoms with Gasteiger partial charge in [-0.15, -0.1) is 0 Å². The molecule has 0 aromatic carbocycles. The van der Waals surface area contributed by atoms with E-state index in [4.69, 9.17) is 9.47 Å². The van der Waals surface area contributed by atoms with Crippen molar-refractivity contribution in [2.45, 2.75) is 249 Å². The van der Waals surface area contributed by atoms with Gasteiger partial charge in [0.05, 0.1) is 25.4 Å². The average Bonchev–Trinajstić information content (AvgIpc) is 3.25. The zero-order valence-corrected chi connectivity index (χ0v) is 38.1. The highest BCUT2D eigenvalue weighted by Crippen LogP contribution is 2.22. The van der Waals surface area contributed by atoms with Gasteiger partial charge >= 0.3 is 0 Å². The van der Waals surface area contributed by atoms with Crippen molar-refractivity contribution in [3.8, 4) is 0 Å². The summed E-state index contributed by atoms with van der Waals surface area (Å²) in [5.41, 5.74) is 0. The fraction of sp³-hybridized carbons (Fsp3) is 0.820. The molecular formula is C50H91NO9. The van der Waals surface area contributed by atoms with Crippen molar-refractivity contribution in [3.05, 3.63) is 48.6 Å². The monoisotopic (exact) mass is 850 g/mol. The van der Waals surface area contributed by atoms with Gasteiger partial charge in [0.2, 0.25) is 5.91 Å². The molecule has 1 rings (SSSR count). The first-order chi connectivity index (χ1) is 29.3. The van der Waals surface area contributed by atoms with Crippen LogP contribution in [0.4, 0.5) is 0 Å². The van der Waals surface area contributed by atoms with Crippen molar-refractivity contribution in [1.29, 1.82) is 0 Å². The summed E-state index contributed by atoms with van der Waals surface area (Å²) in [4.78, 5) is 13.1. The molecule has 1 heterocycles. The van der Waals surface area contributed by atoms with Gasteiger partial charge in [-0.05, 0) is 70.6 Å². The van der Waals surface area contributed by atoms with Gasteiger partial charge in [-0.3, -0.25) is 4.79 Å². The molecule has 7 N–H and O–H groups in total. The highest BCUT2D eigenvalue weighted by atomic mass is 16.7. The van der Waals surface area contributed by atoms with Crippen LogP contribution < -0.4 is 5.32 Å². The Labute approximate surface area is 366 Å². The molecule has 1 saturated heterocycles. The third-order valence-electron chi connectivity index (χ3n) is 11.5. The van der Waals surface area contributed by atoms with E-state index >= 15 is 0 Å². The van der Waals surface area contributed by atoms with Gasteiger partial charge in [0.25, 0.3) is 0 Å². The summed E-state index contributed by atoms with van der Waals surface area (Å²) in [6.07, 6.45) is 40.5. The van der Waals surface area contributed by atoms with Crippen LogP contribution in [0.25, 0.3) is 0 Å². The summed E-state index contributed by atoms with van der Waals surface area (Å²) < 4.78 is 11.1. The Morgan fingerprint density at radius 3 is 1.45 bits per heavy atom. The van der Waals surface area contributed by atoms with E-state index in [1.165, 1.54) is 116 Å². The zero-order valence-electron chi connectivity index (χ0n) is 38.1. The molecule has 0 spiro atoms. The van der Waals surface area contributed by atoms with Gasteiger partial charge in [0.15, 0.2) is 6.29 Å². The maximum Gasteiger partial charge on any atom is 0.249 e. The Kier molecular flexibility index (Phi) is 37.3. The van der Waals surface area contributed by atoms with Crippen molar-refractivity contribution in [2.75, 3.05) is 13.2 Å². The topological polar surface area (TPSA) is 169 Å². The first-order valence-electron chi connectivity index (χ1n) is 24.5. The van der Waals surface area contributed by atoms with E-state index in [9.17, 15) is 35.4 Å². The average molecular weight is 850 g/mol. The Hall–Kier alpha value is -1.89. The van der Waals surface area contributed by atoms with Crippen molar-refractivity contribution < 1.29 is 44.9 Å². The molecule has 1 amide bonds. The Bertz CT molecular complexity index is 1100. The normalized spacial score (nSPS) is 21.5. The Morgan fingerprint density at radius 2 is 0.983 bits per heavy atom. The number of hydrogen-bond donors (Lipinski definition) is 7. The summed E-state index contributed by atoms with van der Waals surface area (Å²) >= 11 is 0. The summed E-state index contributed by atoms with van der Waals surface area (Å²) in [5.74, 6) is -0.636. The third-order valence-corrected chi connectivity index (χ3v) is 11.5. The molecule has 0 aromatic rings. The molecule has 10 nitrogen and oxygen atoms in total. The molecule has 1 aliphatic rings. The van der Waals surface area contributed by atoms with Crippen LogP contribution in [0.3, 0.4) is 0 Å². The lowest BCUT2D eigenvalue weighted by atomic mass is 9.99. The van der Waals surface area contributed by atoms with E-state index < -0.39 is 61.5 Å². The van der Waals surface area contributed by atoms with Crippen LogP contribution in [-0.4, -0.2) is 98.7 Å². The number of ether oxygens (including phenoxy) is 2. The minimum Gasteiger partial charge on any atom is -0.394 e. The zero-order chi connectivity index (χ0) is 43.9. The van der Waals surface area contributed by atoms with Crippen LogP contribution in [-0.2, 0) is 14.3 Å². The molecule has 1 aliphatic heterocycles. The molecule has 1 fully saturated rings. The predicted molar refractivity (Wildman–Crippen MR) is 245 cm³/mol. The molecule has 0 bridgehead atoms. The Morgan fingerprint density at radius 1 is 0.567 bits per heavy atom. The van der Waals surface area contributed by atoms with E-state index in [1.54, 1.807) is 6.08 Å². The number of nitrogens with one attached hydrogen (secondary N) is 1. The maximum atomic E-state index is 13.1. The highest BCUT2D eigenvalue weighted by molar-refractivity contribution is 5.80. The predicted octanol–water partition coefficient (Wildman–Crippen LogP) is 9.59. The van der Waals surface area contributed by atoms with Crippen molar-refractivity contribution in [3.63, 3.8) is 0 Å². The number of rotatable bonds is 40. The van der Waals surface area contributed by atoms with Crippen LogP contribution in [0, 0.1) is 0 Å². The minimum absolute atomic E-state index is 0.293. The minimum atomic E-state index is -1.62. The number of carbonyl (C=O) groups is 1. The van der Waals surface area contributed by atoms with Gasteiger partial charge in [-0.2, -0.15) is 0 Å². The van der Waals surface area contributed by atoms with Crippen LogP contribution in [0.5, 0.6) is 0 Å². The second-order valence-corrected chi connectivity index (χ2v) is 17.0. The Balaban J connectivity index is 2.40. The van der Waals surface area contributed by atoms with Gasteiger partial charge in [-0.25, -0.2) is 0 Å². The number of hydrogen-bond acceptors (Lipinski definition) is 9. The smallest absolute Gasteiger partial charge is 0.249 e. The second kappa shape index (κ2) is 39.9. The van der Waals surface area contributed by atoms with Gasteiger partial charge in [0.1, 0.15) is 30.5 Å². The fourth-order valence-electron chi connectivity index (χ4n) is 7.42. The standard InChI is InChI=1S/C50H91NO9/c1-3-5-7-9-11-13-15-17-19-20-21-22-23-25-27-29-31-33-35-37-39-44(54)49(58)51-42(41-59-50-48(57)47(56)46(55)45(40-52)60-50)43(53)38-36-34-32-30-28-26-24-18-16-14-12-10-8-6-4-2/h16,18,22-23,28,30,36,38,42-48,50,52-57H,3-15,17,19-21,24-27,29,31-35,37,39-41H2,1-2H3,(H,51,58)/b18-16+,23-22-,30-28+,38-36+. The summed E-state index contributed by atoms with van der Waals surface area (Å²) in [7, 11) is 0. The largest absolute Gasteiger partial charge is 0.394 e. The van der Waals surface area contributed by atoms with Gasteiger partial charge < -0.3 is 45.4 Å². The highest BCUT2D eigenvalue weighted by Gasteiger charge is 2.44. The number of aliphatic hydroxyl groups is 6. The van der Waals surface area contributed by atoms with Gasteiger partial charge in [-0.1, -0.05) is 178 Å². The molecule has 10 heteroatoms. The van der Waals surface area contributed by atoms with Crippen LogP contribution >= 0.6 is 0 Å². The van der Waals surface area contributed by atoms with Gasteiger partial charge in [0, 0.05) is 0 Å². The lowest BCUT2D eigenvalue weighted by Gasteiger charge is -2.40. The first-order valence-corrected chi connectivity index (χ1v) is 24.5. The number of allylic oxidation sites excluding steroid dienone is 7. The maximum absolute atomic E-state index is 13.1. The van der Waals surface area contributed by atoms with E-state index in [1.807, 2.05) is 6.08 Å². The number of unbranched alkanes of at least 4 members (excludes halogenated alkanes) is 23. The molecule has 0 aromatic heterocycles. The fourth-order valence-corrected chi connectivity index (χ4v) is 7.42. The molecule has 8 atom stereocenters. The molecule has 8 unspecified atom stereocenters. The number of carbonyl (C=O) groups excluding carboxylic acids is 1. The quantitative estimate of drug-likeness (QED) is 0.0235. The number of aliphatic hydroxyl groups excluding tert-OH is 6. The molecule has 0 radical (unpaired) electrons. The molecular weight excluding hydrogens is 759 g/mol. The summed E-state index contributed by atoms with van der Waals surface area (Å²) in [5, 5.41) is 64.7. The molecule has 0 aliphatic carbocycles. The SMILES string of the molecule is CCCCCCC/C=C/CC/C=C/CC/C=C/C(O)C(COC1OC(CO)C(O)C(O)C1O)NC(=O)C(O)CCCCCCCC/C=C\CCCCCCCCCCCC. The van der Waals surface area contributed by atoms with E-state index in [0.29, 0.717) is 19.3 Å². The summed E-state index contributed by atoms with van der Waals surface area (Å²) in [6.45, 7) is 3.57. The van der Waals surface area contributed by atoms with Crippen molar-refractivity contribution >= 4 is 5.91 Å². The van der Waals surface area contributed by atoms with Crippen LogP contribution in [0.1, 0.15) is 200 Å². The molecule has 0 saturated carbocycles. The molecule has 350 valence electrons. The number of amides is 1. The molecule has 60 heavy (non-hydrogen) atoms. The van der Waals surface area contributed by atoms with Crippen LogP contribution in [0.2, 0.25) is 0 Å². The van der Waals surface area contributed by atoms with Crippen molar-refractivity contribution in [2.24, 2.45) is 0 Å². The van der Waals surface area contributed by atoms with Crippen LogP contribution in [0.15, 0.2) is 48.6 Å².